The number of hydrogen-bond acceptors (Lipinski definition) is 3. The summed E-state index contributed by atoms with van der Waals surface area (Å²) in [4.78, 5) is 32.0. The highest BCUT2D eigenvalue weighted by molar-refractivity contribution is 5.80. The summed E-state index contributed by atoms with van der Waals surface area (Å²) in [6.45, 7) is 16.1. The number of carbonyl (C=O) groups excluding carboxylic acids is 2. The van der Waals surface area contributed by atoms with Gasteiger partial charge in [0.25, 0.3) is 0 Å². The fourth-order valence-corrected chi connectivity index (χ4v) is 5.24. The number of nitrogens with zero attached hydrogens (tertiary/aromatic N) is 3. The molecule has 3 aliphatic rings. The Labute approximate surface area is 178 Å². The van der Waals surface area contributed by atoms with Crippen LogP contribution in [0, 0.1) is 17.3 Å². The monoisotopic (exact) mass is 405 g/mol. The van der Waals surface area contributed by atoms with Gasteiger partial charge < -0.3 is 9.80 Å². The third kappa shape index (κ3) is 5.96. The second kappa shape index (κ2) is 8.95. The number of amides is 2. The molecule has 0 radical (unpaired) electrons. The Balaban J connectivity index is 1.38. The summed E-state index contributed by atoms with van der Waals surface area (Å²) in [5.74, 6) is 1.45. The Hall–Kier alpha value is -1.10. The van der Waals surface area contributed by atoms with Crippen LogP contribution in [0.1, 0.15) is 79.6 Å². The van der Waals surface area contributed by atoms with Crippen molar-refractivity contribution in [3.8, 4) is 0 Å². The molecule has 0 aromatic carbocycles. The van der Waals surface area contributed by atoms with Crippen molar-refractivity contribution in [3.63, 3.8) is 0 Å². The molecule has 1 saturated carbocycles. The van der Waals surface area contributed by atoms with Gasteiger partial charge in [-0.2, -0.15) is 0 Å². The summed E-state index contributed by atoms with van der Waals surface area (Å²) in [7, 11) is 0. The van der Waals surface area contributed by atoms with Crippen LogP contribution in [-0.2, 0) is 9.59 Å². The first-order chi connectivity index (χ1) is 13.5. The van der Waals surface area contributed by atoms with E-state index < -0.39 is 0 Å². The van der Waals surface area contributed by atoms with Gasteiger partial charge in [0.15, 0.2) is 0 Å². The maximum absolute atomic E-state index is 12.9. The molecule has 1 aliphatic carbocycles. The Bertz CT molecular complexity index is 577. The molecule has 1 atom stereocenters. The number of likely N-dealkylation sites (tertiary alicyclic amines) is 1. The van der Waals surface area contributed by atoms with E-state index in [0.717, 1.165) is 31.8 Å². The molecular formula is C24H43N3O2. The van der Waals surface area contributed by atoms with Gasteiger partial charge in [-0.1, -0.05) is 13.8 Å². The molecule has 5 heteroatoms. The van der Waals surface area contributed by atoms with E-state index in [0.29, 0.717) is 49.8 Å². The molecule has 2 amide bonds. The van der Waals surface area contributed by atoms with E-state index in [1.54, 1.807) is 0 Å². The standard InChI is InChI=1S/C24H43N3O2/c1-23(2,3)27-13-10-20(18-27)22(29)26-16-14-25(15-17-26)21(28)7-6-19-8-11-24(4,5)12-9-19/h19-20H,6-18H2,1-5H3/t20-/m0/s1. The van der Waals surface area contributed by atoms with Gasteiger partial charge in [0.05, 0.1) is 5.92 Å². The van der Waals surface area contributed by atoms with Crippen molar-refractivity contribution in [3.05, 3.63) is 0 Å². The smallest absolute Gasteiger partial charge is 0.227 e. The van der Waals surface area contributed by atoms with Crippen LogP contribution in [0.3, 0.4) is 0 Å². The quantitative estimate of drug-likeness (QED) is 0.715. The molecule has 0 bridgehead atoms. The molecule has 3 rings (SSSR count). The molecule has 0 N–H and O–H groups in total. The largest absolute Gasteiger partial charge is 0.339 e. The highest BCUT2D eigenvalue weighted by Crippen LogP contribution is 2.39. The predicted octanol–water partition coefficient (Wildman–Crippen LogP) is 3.77. The molecule has 2 heterocycles. The average Bonchev–Trinajstić information content (AvgIpc) is 3.17. The van der Waals surface area contributed by atoms with E-state index in [-0.39, 0.29) is 11.5 Å². The van der Waals surface area contributed by atoms with Crippen LogP contribution >= 0.6 is 0 Å². The molecular weight excluding hydrogens is 362 g/mol. The zero-order valence-corrected chi connectivity index (χ0v) is 19.5. The van der Waals surface area contributed by atoms with Gasteiger partial charge in [0, 0.05) is 44.7 Å². The van der Waals surface area contributed by atoms with Crippen LogP contribution in [0.4, 0.5) is 0 Å². The van der Waals surface area contributed by atoms with Gasteiger partial charge >= 0.3 is 0 Å². The van der Waals surface area contributed by atoms with E-state index in [9.17, 15) is 9.59 Å². The van der Waals surface area contributed by atoms with Gasteiger partial charge in [-0.3, -0.25) is 14.5 Å². The maximum atomic E-state index is 12.9. The molecule has 0 aromatic rings. The molecule has 29 heavy (non-hydrogen) atoms. The topological polar surface area (TPSA) is 43.9 Å². The van der Waals surface area contributed by atoms with Crippen molar-refractivity contribution in [2.45, 2.75) is 85.1 Å². The first-order valence-corrected chi connectivity index (χ1v) is 11.9. The third-order valence-corrected chi connectivity index (χ3v) is 7.66. The summed E-state index contributed by atoms with van der Waals surface area (Å²) in [6, 6.07) is 0. The summed E-state index contributed by atoms with van der Waals surface area (Å²) in [5, 5.41) is 0. The zero-order chi connectivity index (χ0) is 21.2. The fourth-order valence-electron chi connectivity index (χ4n) is 5.24. The minimum absolute atomic E-state index is 0.132. The van der Waals surface area contributed by atoms with Crippen molar-refractivity contribution in [1.82, 2.24) is 14.7 Å². The predicted molar refractivity (Wildman–Crippen MR) is 118 cm³/mol. The zero-order valence-electron chi connectivity index (χ0n) is 19.5. The highest BCUT2D eigenvalue weighted by Gasteiger charge is 2.37. The molecule has 5 nitrogen and oxygen atoms in total. The molecule has 2 aliphatic heterocycles. The lowest BCUT2D eigenvalue weighted by Gasteiger charge is -2.37. The van der Waals surface area contributed by atoms with Crippen molar-refractivity contribution in [2.24, 2.45) is 17.3 Å². The Kier molecular flexibility index (Phi) is 6.97. The van der Waals surface area contributed by atoms with E-state index in [1.165, 1.54) is 25.7 Å². The lowest BCUT2D eigenvalue weighted by molar-refractivity contribution is -0.142. The minimum atomic E-state index is 0.132. The van der Waals surface area contributed by atoms with E-state index >= 15 is 0 Å². The second-order valence-corrected chi connectivity index (χ2v) is 11.5. The molecule has 2 saturated heterocycles. The SMILES string of the molecule is CC1(C)CCC(CCC(=O)N2CCN(C(=O)[C@H]3CCN(C(C)(C)C)C3)CC2)CC1. The summed E-state index contributed by atoms with van der Waals surface area (Å²) >= 11 is 0. The number of piperazine rings is 1. The lowest BCUT2D eigenvalue weighted by atomic mass is 9.72. The Morgan fingerprint density at radius 1 is 0.897 bits per heavy atom. The minimum Gasteiger partial charge on any atom is -0.339 e. The van der Waals surface area contributed by atoms with Gasteiger partial charge in [-0.25, -0.2) is 0 Å². The van der Waals surface area contributed by atoms with Crippen molar-refractivity contribution in [2.75, 3.05) is 39.3 Å². The summed E-state index contributed by atoms with van der Waals surface area (Å²) in [6.07, 6.45) is 7.82. The van der Waals surface area contributed by atoms with Crippen molar-refractivity contribution >= 4 is 11.8 Å². The van der Waals surface area contributed by atoms with Crippen LogP contribution in [0.5, 0.6) is 0 Å². The molecule has 3 fully saturated rings. The fraction of sp³-hybridized carbons (Fsp3) is 0.917. The number of carbonyl (C=O) groups is 2. The molecule has 0 unspecified atom stereocenters. The average molecular weight is 406 g/mol. The van der Waals surface area contributed by atoms with Gasteiger partial charge in [0.1, 0.15) is 0 Å². The maximum Gasteiger partial charge on any atom is 0.227 e. The Morgan fingerprint density at radius 2 is 1.48 bits per heavy atom. The molecule has 166 valence electrons. The first kappa shape index (κ1) is 22.6. The third-order valence-electron chi connectivity index (χ3n) is 7.66. The number of rotatable bonds is 4. The van der Waals surface area contributed by atoms with Gasteiger partial charge in [0.2, 0.25) is 11.8 Å². The van der Waals surface area contributed by atoms with Crippen molar-refractivity contribution in [1.29, 1.82) is 0 Å². The van der Waals surface area contributed by atoms with Crippen molar-refractivity contribution < 1.29 is 9.59 Å². The Morgan fingerprint density at radius 3 is 2.03 bits per heavy atom. The highest BCUT2D eigenvalue weighted by atomic mass is 16.2. The normalized spacial score (nSPS) is 26.7. The number of hydrogen-bond donors (Lipinski definition) is 0. The lowest BCUT2D eigenvalue weighted by Crippen LogP contribution is -2.52. The molecule has 0 spiro atoms. The second-order valence-electron chi connectivity index (χ2n) is 11.5. The molecule has 0 aromatic heterocycles. The first-order valence-electron chi connectivity index (χ1n) is 11.9. The van der Waals surface area contributed by atoms with Gasteiger partial charge in [-0.05, 0) is 77.2 Å². The van der Waals surface area contributed by atoms with E-state index in [4.69, 9.17) is 0 Å². The van der Waals surface area contributed by atoms with E-state index in [2.05, 4.69) is 39.5 Å². The van der Waals surface area contributed by atoms with Crippen LogP contribution < -0.4 is 0 Å². The van der Waals surface area contributed by atoms with Gasteiger partial charge in [-0.15, -0.1) is 0 Å². The van der Waals surface area contributed by atoms with Crippen LogP contribution in [-0.4, -0.2) is 71.3 Å². The van der Waals surface area contributed by atoms with Crippen LogP contribution in [0.15, 0.2) is 0 Å². The van der Waals surface area contributed by atoms with Crippen LogP contribution in [0.2, 0.25) is 0 Å². The van der Waals surface area contributed by atoms with E-state index in [1.807, 2.05) is 9.80 Å². The summed E-state index contributed by atoms with van der Waals surface area (Å²) < 4.78 is 0. The van der Waals surface area contributed by atoms with Crippen LogP contribution in [0.25, 0.3) is 0 Å². The summed E-state index contributed by atoms with van der Waals surface area (Å²) in [5.41, 5.74) is 0.626.